The van der Waals surface area contributed by atoms with Crippen molar-refractivity contribution in [2.45, 2.75) is 25.8 Å². The van der Waals surface area contributed by atoms with E-state index in [1.54, 1.807) is 49.5 Å². The minimum Gasteiger partial charge on any atom is -0.457 e. The Hall–Kier alpha value is -3.32. The van der Waals surface area contributed by atoms with Gasteiger partial charge in [0.1, 0.15) is 11.5 Å². The SMILES string of the molecule is Cc1cc2nccc(Oc3ccc(NC(=O)NC4CC4)c(Cl)c3)c2cc1C(N)=O. The van der Waals surface area contributed by atoms with Gasteiger partial charge in [-0.05, 0) is 55.7 Å². The van der Waals surface area contributed by atoms with Crippen LogP contribution in [0.1, 0.15) is 28.8 Å². The topological polar surface area (TPSA) is 106 Å². The summed E-state index contributed by atoms with van der Waals surface area (Å²) in [7, 11) is 0. The van der Waals surface area contributed by atoms with E-state index in [0.29, 0.717) is 38.7 Å². The summed E-state index contributed by atoms with van der Waals surface area (Å²) in [5.74, 6) is 0.486. The summed E-state index contributed by atoms with van der Waals surface area (Å²) in [4.78, 5) is 27.9. The van der Waals surface area contributed by atoms with Crippen LogP contribution in [0.4, 0.5) is 10.5 Å². The maximum atomic E-state index is 11.9. The van der Waals surface area contributed by atoms with E-state index >= 15 is 0 Å². The van der Waals surface area contributed by atoms with Crippen LogP contribution in [-0.2, 0) is 0 Å². The van der Waals surface area contributed by atoms with Crippen molar-refractivity contribution in [3.05, 3.63) is 58.7 Å². The molecule has 0 spiro atoms. The van der Waals surface area contributed by atoms with Crippen LogP contribution in [0.5, 0.6) is 11.5 Å². The molecule has 148 valence electrons. The second-order valence-corrected chi connectivity index (χ2v) is 7.38. The number of aromatic nitrogens is 1. The van der Waals surface area contributed by atoms with Gasteiger partial charge < -0.3 is 21.1 Å². The zero-order chi connectivity index (χ0) is 20.5. The maximum absolute atomic E-state index is 11.9. The number of carbonyl (C=O) groups is 2. The Bertz CT molecular complexity index is 1130. The van der Waals surface area contributed by atoms with Crippen molar-refractivity contribution in [3.63, 3.8) is 0 Å². The van der Waals surface area contributed by atoms with E-state index in [9.17, 15) is 9.59 Å². The average Bonchev–Trinajstić information content (AvgIpc) is 3.47. The lowest BCUT2D eigenvalue weighted by Gasteiger charge is -2.13. The highest BCUT2D eigenvalue weighted by Gasteiger charge is 2.23. The highest BCUT2D eigenvalue weighted by atomic mass is 35.5. The fourth-order valence-electron chi connectivity index (χ4n) is 2.99. The van der Waals surface area contributed by atoms with Gasteiger partial charge >= 0.3 is 6.03 Å². The van der Waals surface area contributed by atoms with Gasteiger partial charge in [0.2, 0.25) is 5.91 Å². The number of primary amides is 1. The smallest absolute Gasteiger partial charge is 0.319 e. The Labute approximate surface area is 172 Å². The average molecular weight is 411 g/mol. The molecule has 8 heteroatoms. The minimum atomic E-state index is -0.512. The lowest BCUT2D eigenvalue weighted by molar-refractivity contribution is 0.1000. The number of ether oxygens (including phenoxy) is 1. The number of carbonyl (C=O) groups excluding carboxylic acids is 2. The number of anilines is 1. The molecule has 7 nitrogen and oxygen atoms in total. The van der Waals surface area contributed by atoms with Crippen LogP contribution in [-0.4, -0.2) is 23.0 Å². The predicted molar refractivity (Wildman–Crippen MR) is 112 cm³/mol. The zero-order valence-corrected chi connectivity index (χ0v) is 16.4. The van der Waals surface area contributed by atoms with Crippen LogP contribution in [0.15, 0.2) is 42.6 Å². The Morgan fingerprint density at radius 1 is 1.21 bits per heavy atom. The Balaban J connectivity index is 1.59. The molecule has 0 atom stereocenters. The van der Waals surface area contributed by atoms with Crippen molar-refractivity contribution < 1.29 is 14.3 Å². The number of rotatable bonds is 5. The number of halogens is 1. The van der Waals surface area contributed by atoms with Crippen LogP contribution < -0.4 is 21.1 Å². The van der Waals surface area contributed by atoms with Gasteiger partial charge in [-0.3, -0.25) is 9.78 Å². The van der Waals surface area contributed by atoms with Gasteiger partial charge in [-0.1, -0.05) is 11.6 Å². The standard InChI is InChI=1S/C21H19ClN4O3/c1-11-8-18-15(10-14(11)20(23)27)19(6-7-24-18)29-13-4-5-17(16(22)9-13)26-21(28)25-12-2-3-12/h4-10,12H,2-3H2,1H3,(H2,23,27)(H2,25,26,28). The third kappa shape index (κ3) is 4.25. The quantitative estimate of drug-likeness (QED) is 0.580. The molecular weight excluding hydrogens is 392 g/mol. The lowest BCUT2D eigenvalue weighted by Crippen LogP contribution is -2.30. The van der Waals surface area contributed by atoms with Crippen molar-refractivity contribution in [1.29, 1.82) is 0 Å². The van der Waals surface area contributed by atoms with Crippen LogP contribution in [0.25, 0.3) is 10.9 Å². The molecule has 4 N–H and O–H groups in total. The molecule has 2 aromatic carbocycles. The number of benzene rings is 2. The molecule has 1 aliphatic carbocycles. The van der Waals surface area contributed by atoms with E-state index in [-0.39, 0.29) is 12.1 Å². The maximum Gasteiger partial charge on any atom is 0.319 e. The van der Waals surface area contributed by atoms with Gasteiger partial charge in [0, 0.05) is 29.3 Å². The summed E-state index contributed by atoms with van der Waals surface area (Å²) in [5, 5.41) is 6.58. The fourth-order valence-corrected chi connectivity index (χ4v) is 3.20. The number of aryl methyl sites for hydroxylation is 1. The second-order valence-electron chi connectivity index (χ2n) is 6.97. The molecule has 3 amide bonds. The predicted octanol–water partition coefficient (Wildman–Crippen LogP) is 4.37. The monoisotopic (exact) mass is 410 g/mol. The minimum absolute atomic E-state index is 0.255. The van der Waals surface area contributed by atoms with Gasteiger partial charge in [-0.2, -0.15) is 0 Å². The Morgan fingerprint density at radius 3 is 2.69 bits per heavy atom. The molecule has 1 aromatic heterocycles. The zero-order valence-electron chi connectivity index (χ0n) is 15.7. The molecule has 1 fully saturated rings. The molecule has 3 aromatic rings. The van der Waals surface area contributed by atoms with Crippen molar-refractivity contribution in [2.24, 2.45) is 5.73 Å². The summed E-state index contributed by atoms with van der Waals surface area (Å²) in [5.41, 5.74) is 7.80. The molecule has 1 aliphatic rings. The van der Waals surface area contributed by atoms with Crippen molar-refractivity contribution in [2.75, 3.05) is 5.32 Å². The summed E-state index contributed by atoms with van der Waals surface area (Å²) in [6.45, 7) is 1.81. The number of fused-ring (bicyclic) bond motifs is 1. The lowest BCUT2D eigenvalue weighted by atomic mass is 10.0. The molecule has 1 heterocycles. The molecule has 0 saturated heterocycles. The van der Waals surface area contributed by atoms with Crippen molar-refractivity contribution in [1.82, 2.24) is 10.3 Å². The molecule has 4 rings (SSSR count). The van der Waals surface area contributed by atoms with Crippen LogP contribution in [0, 0.1) is 6.92 Å². The number of nitrogens with two attached hydrogens (primary N) is 1. The van der Waals surface area contributed by atoms with E-state index < -0.39 is 5.91 Å². The van der Waals surface area contributed by atoms with Crippen molar-refractivity contribution >= 4 is 40.1 Å². The first-order chi connectivity index (χ1) is 13.9. The number of amides is 3. The Kier molecular flexibility index (Phi) is 4.98. The van der Waals surface area contributed by atoms with E-state index in [1.807, 2.05) is 0 Å². The first-order valence-electron chi connectivity index (χ1n) is 9.15. The molecule has 0 bridgehead atoms. The third-order valence-electron chi connectivity index (χ3n) is 4.64. The van der Waals surface area contributed by atoms with Gasteiger partial charge in [-0.25, -0.2) is 4.79 Å². The van der Waals surface area contributed by atoms with Crippen LogP contribution in [0.2, 0.25) is 5.02 Å². The van der Waals surface area contributed by atoms with Gasteiger partial charge in [0.25, 0.3) is 0 Å². The summed E-state index contributed by atoms with van der Waals surface area (Å²) in [6, 6.07) is 10.1. The number of nitrogens with zero attached hydrogens (tertiary/aromatic N) is 1. The molecule has 0 unspecified atom stereocenters. The normalized spacial score (nSPS) is 13.2. The number of urea groups is 1. The van der Waals surface area contributed by atoms with Gasteiger partial charge in [0.15, 0.2) is 0 Å². The molecule has 29 heavy (non-hydrogen) atoms. The van der Waals surface area contributed by atoms with Gasteiger partial charge in [0.05, 0.1) is 16.2 Å². The number of nitrogens with one attached hydrogen (secondary N) is 2. The molecular formula is C21H19ClN4O3. The number of hydrogen-bond acceptors (Lipinski definition) is 4. The van der Waals surface area contributed by atoms with Crippen LogP contribution in [0.3, 0.4) is 0 Å². The highest BCUT2D eigenvalue weighted by Crippen LogP contribution is 2.34. The largest absolute Gasteiger partial charge is 0.457 e. The summed E-state index contributed by atoms with van der Waals surface area (Å²) < 4.78 is 5.98. The van der Waals surface area contributed by atoms with Gasteiger partial charge in [-0.15, -0.1) is 0 Å². The van der Waals surface area contributed by atoms with E-state index in [1.165, 1.54) is 0 Å². The third-order valence-corrected chi connectivity index (χ3v) is 4.95. The second kappa shape index (κ2) is 7.60. The number of hydrogen-bond donors (Lipinski definition) is 3. The summed E-state index contributed by atoms with van der Waals surface area (Å²) in [6.07, 6.45) is 3.64. The summed E-state index contributed by atoms with van der Waals surface area (Å²) >= 11 is 6.30. The first kappa shape index (κ1) is 19.0. The highest BCUT2D eigenvalue weighted by molar-refractivity contribution is 6.33. The van der Waals surface area contributed by atoms with E-state index in [0.717, 1.165) is 18.4 Å². The molecule has 0 radical (unpaired) electrons. The van der Waals surface area contributed by atoms with E-state index in [4.69, 9.17) is 22.1 Å². The fraction of sp³-hybridized carbons (Fsp3) is 0.190. The first-order valence-corrected chi connectivity index (χ1v) is 9.52. The van der Waals surface area contributed by atoms with Crippen molar-refractivity contribution in [3.8, 4) is 11.5 Å². The molecule has 1 saturated carbocycles. The number of pyridine rings is 1. The Morgan fingerprint density at radius 2 is 2.00 bits per heavy atom. The van der Waals surface area contributed by atoms with E-state index in [2.05, 4.69) is 15.6 Å². The van der Waals surface area contributed by atoms with Crippen LogP contribution >= 0.6 is 11.6 Å². The molecule has 0 aliphatic heterocycles.